The Morgan fingerprint density at radius 3 is 2.43 bits per heavy atom. The predicted octanol–water partition coefficient (Wildman–Crippen LogP) is 2.31. The summed E-state index contributed by atoms with van der Waals surface area (Å²) in [5, 5.41) is 10.6. The number of halogens is 3. The van der Waals surface area contributed by atoms with E-state index in [1.165, 1.54) is 0 Å². The van der Waals surface area contributed by atoms with Crippen molar-refractivity contribution < 1.29 is 27.9 Å². The highest BCUT2D eigenvalue weighted by Crippen LogP contribution is 2.21. The highest BCUT2D eigenvalue weighted by atomic mass is 19.4. The summed E-state index contributed by atoms with van der Waals surface area (Å²) in [7, 11) is 0. The van der Waals surface area contributed by atoms with Crippen LogP contribution in [0.5, 0.6) is 0 Å². The first-order valence-electron chi connectivity index (χ1n) is 6.38. The first kappa shape index (κ1) is 17.0. The highest BCUT2D eigenvalue weighted by Gasteiger charge is 2.36. The minimum Gasteiger partial charge on any atom is -0.480 e. The first-order chi connectivity index (χ1) is 9.71. The summed E-state index contributed by atoms with van der Waals surface area (Å²) in [6.45, 7) is 1.93. The Hall–Kier alpha value is -2.05. The molecule has 0 aliphatic heterocycles. The van der Waals surface area contributed by atoms with Gasteiger partial charge in [0.15, 0.2) is 0 Å². The van der Waals surface area contributed by atoms with E-state index < -0.39 is 30.5 Å². The number of carbonyl (C=O) groups is 2. The third-order valence-corrected chi connectivity index (χ3v) is 2.83. The zero-order valence-corrected chi connectivity index (χ0v) is 11.4. The van der Waals surface area contributed by atoms with E-state index in [1.54, 1.807) is 18.2 Å². The largest absolute Gasteiger partial charge is 0.480 e. The van der Waals surface area contributed by atoms with Crippen LogP contribution in [0.4, 0.5) is 13.2 Å². The van der Waals surface area contributed by atoms with Gasteiger partial charge in [0.25, 0.3) is 0 Å². The second-order valence-corrected chi connectivity index (χ2v) is 4.63. The summed E-state index contributed by atoms with van der Waals surface area (Å²) in [5.41, 5.74) is 1.62. The van der Waals surface area contributed by atoms with Crippen molar-refractivity contribution in [3.63, 3.8) is 0 Å². The van der Waals surface area contributed by atoms with Crippen molar-refractivity contribution in [2.45, 2.75) is 38.4 Å². The van der Waals surface area contributed by atoms with Crippen molar-refractivity contribution in [3.8, 4) is 0 Å². The Morgan fingerprint density at radius 1 is 1.29 bits per heavy atom. The van der Waals surface area contributed by atoms with E-state index in [0.717, 1.165) is 12.0 Å². The van der Waals surface area contributed by atoms with Crippen LogP contribution in [0, 0.1) is 0 Å². The first-order valence-corrected chi connectivity index (χ1v) is 6.38. The molecule has 0 aromatic heterocycles. The average molecular weight is 303 g/mol. The second-order valence-electron chi connectivity index (χ2n) is 4.63. The molecule has 0 aliphatic carbocycles. The summed E-state index contributed by atoms with van der Waals surface area (Å²) in [5.74, 6) is -2.46. The molecule has 2 N–H and O–H groups in total. The zero-order valence-electron chi connectivity index (χ0n) is 11.4. The molecule has 4 nitrogen and oxygen atoms in total. The molecule has 1 atom stereocenters. The lowest BCUT2D eigenvalue weighted by Crippen LogP contribution is -2.44. The molecule has 0 radical (unpaired) electrons. The van der Waals surface area contributed by atoms with E-state index >= 15 is 0 Å². The van der Waals surface area contributed by atoms with Crippen molar-refractivity contribution in [1.29, 1.82) is 0 Å². The maximum absolute atomic E-state index is 12.2. The molecule has 1 rings (SSSR count). The maximum atomic E-state index is 12.2. The molecule has 1 unspecified atom stereocenters. The Balaban J connectivity index is 2.67. The lowest BCUT2D eigenvalue weighted by atomic mass is 10.1. The second kappa shape index (κ2) is 7.10. The van der Waals surface area contributed by atoms with Gasteiger partial charge >= 0.3 is 12.1 Å². The monoisotopic (exact) mass is 303 g/mol. The average Bonchev–Trinajstić information content (AvgIpc) is 2.36. The molecule has 1 amide bonds. The van der Waals surface area contributed by atoms with Crippen LogP contribution in [-0.4, -0.2) is 29.2 Å². The van der Waals surface area contributed by atoms with Gasteiger partial charge in [-0.3, -0.25) is 4.79 Å². The van der Waals surface area contributed by atoms with Gasteiger partial charge in [-0.2, -0.15) is 13.2 Å². The number of amides is 1. The van der Waals surface area contributed by atoms with E-state index in [-0.39, 0.29) is 6.42 Å². The molecule has 0 fully saturated rings. The Morgan fingerprint density at radius 2 is 1.90 bits per heavy atom. The number of alkyl halides is 3. The highest BCUT2D eigenvalue weighted by molar-refractivity contribution is 5.84. The molecule has 0 saturated carbocycles. The number of carboxylic acids is 1. The predicted molar refractivity (Wildman–Crippen MR) is 69.8 cm³/mol. The minimum atomic E-state index is -4.65. The minimum absolute atomic E-state index is 0.157. The number of carbonyl (C=O) groups excluding carboxylic acids is 1. The number of carboxylic acid groups (broad SMARTS) is 1. The molecule has 0 spiro atoms. The van der Waals surface area contributed by atoms with Gasteiger partial charge in [-0.15, -0.1) is 0 Å². The van der Waals surface area contributed by atoms with Gasteiger partial charge in [-0.25, -0.2) is 4.79 Å². The van der Waals surface area contributed by atoms with Crippen LogP contribution in [0.3, 0.4) is 0 Å². The van der Waals surface area contributed by atoms with Crippen molar-refractivity contribution in [1.82, 2.24) is 5.32 Å². The van der Waals surface area contributed by atoms with Gasteiger partial charge in [0.2, 0.25) is 5.91 Å². The summed E-state index contributed by atoms with van der Waals surface area (Å²) >= 11 is 0. The Kier molecular flexibility index (Phi) is 5.75. The topological polar surface area (TPSA) is 66.4 Å². The zero-order chi connectivity index (χ0) is 16.0. The van der Waals surface area contributed by atoms with Crippen LogP contribution < -0.4 is 5.32 Å². The fraction of sp³-hybridized carbons (Fsp3) is 0.429. The third-order valence-electron chi connectivity index (χ3n) is 2.83. The van der Waals surface area contributed by atoms with Gasteiger partial charge in [0.1, 0.15) is 6.04 Å². The number of hydrogen-bond acceptors (Lipinski definition) is 2. The fourth-order valence-corrected chi connectivity index (χ4v) is 1.82. The molecule has 1 aromatic carbocycles. The van der Waals surface area contributed by atoms with Gasteiger partial charge < -0.3 is 10.4 Å². The quantitative estimate of drug-likeness (QED) is 0.847. The SMILES string of the molecule is CCc1cccc(CC(=O)NC(CC(F)(F)F)C(=O)O)c1. The lowest BCUT2D eigenvalue weighted by Gasteiger charge is -2.16. The Labute approximate surface area is 120 Å². The number of aliphatic carboxylic acids is 1. The van der Waals surface area contributed by atoms with E-state index in [1.807, 2.05) is 18.3 Å². The smallest absolute Gasteiger partial charge is 0.391 e. The molecular weight excluding hydrogens is 287 g/mol. The summed E-state index contributed by atoms with van der Waals surface area (Å²) < 4.78 is 36.7. The summed E-state index contributed by atoms with van der Waals surface area (Å²) in [4.78, 5) is 22.4. The van der Waals surface area contributed by atoms with E-state index in [9.17, 15) is 22.8 Å². The number of aryl methyl sites for hydroxylation is 1. The molecule has 116 valence electrons. The molecule has 7 heteroatoms. The van der Waals surface area contributed by atoms with Crippen LogP contribution in [-0.2, 0) is 22.4 Å². The van der Waals surface area contributed by atoms with E-state index in [0.29, 0.717) is 5.56 Å². The van der Waals surface area contributed by atoms with Crippen LogP contribution in [0.1, 0.15) is 24.5 Å². The molecule has 0 saturated heterocycles. The summed E-state index contributed by atoms with van der Waals surface area (Å²) in [6, 6.07) is 5.07. The van der Waals surface area contributed by atoms with Gasteiger partial charge in [0.05, 0.1) is 12.8 Å². The number of nitrogens with one attached hydrogen (secondary N) is 1. The third kappa shape index (κ3) is 6.29. The standard InChI is InChI=1S/C14H16F3NO3/c1-2-9-4-3-5-10(6-9)7-12(19)18-11(13(20)21)8-14(15,16)17/h3-6,11H,2,7-8H2,1H3,(H,18,19)(H,20,21). The molecule has 21 heavy (non-hydrogen) atoms. The molecular formula is C14H16F3NO3. The van der Waals surface area contributed by atoms with E-state index in [4.69, 9.17) is 5.11 Å². The maximum Gasteiger partial charge on any atom is 0.391 e. The van der Waals surface area contributed by atoms with Crippen molar-refractivity contribution in [3.05, 3.63) is 35.4 Å². The molecule has 1 aromatic rings. The van der Waals surface area contributed by atoms with Gasteiger partial charge in [0, 0.05) is 0 Å². The van der Waals surface area contributed by atoms with E-state index in [2.05, 4.69) is 0 Å². The van der Waals surface area contributed by atoms with Crippen molar-refractivity contribution in [2.75, 3.05) is 0 Å². The molecule has 0 bridgehead atoms. The molecule has 0 heterocycles. The number of rotatable bonds is 6. The number of benzene rings is 1. The van der Waals surface area contributed by atoms with Crippen molar-refractivity contribution >= 4 is 11.9 Å². The molecule has 0 aliphatic rings. The van der Waals surface area contributed by atoms with Crippen LogP contribution >= 0.6 is 0 Å². The van der Waals surface area contributed by atoms with Crippen LogP contribution in [0.15, 0.2) is 24.3 Å². The van der Waals surface area contributed by atoms with Crippen LogP contribution in [0.2, 0.25) is 0 Å². The normalized spacial score (nSPS) is 12.8. The lowest BCUT2D eigenvalue weighted by molar-refractivity contribution is -0.159. The fourth-order valence-electron chi connectivity index (χ4n) is 1.82. The number of hydrogen-bond donors (Lipinski definition) is 2. The van der Waals surface area contributed by atoms with Crippen molar-refractivity contribution in [2.24, 2.45) is 0 Å². The van der Waals surface area contributed by atoms with Gasteiger partial charge in [-0.1, -0.05) is 31.2 Å². The Bertz CT molecular complexity index is 514. The summed E-state index contributed by atoms with van der Waals surface area (Å²) in [6.07, 6.45) is -5.64. The van der Waals surface area contributed by atoms with Crippen LogP contribution in [0.25, 0.3) is 0 Å². The van der Waals surface area contributed by atoms with Gasteiger partial charge in [-0.05, 0) is 17.5 Å².